The minimum atomic E-state index is -0.102. The Balaban J connectivity index is 1.41. The van der Waals surface area contributed by atoms with Crippen molar-refractivity contribution in [2.75, 3.05) is 13.1 Å². The van der Waals surface area contributed by atoms with Crippen molar-refractivity contribution in [1.29, 1.82) is 0 Å². The van der Waals surface area contributed by atoms with Gasteiger partial charge < -0.3 is 4.90 Å². The molecule has 0 saturated carbocycles. The molecule has 1 aliphatic rings. The van der Waals surface area contributed by atoms with E-state index in [4.69, 9.17) is 0 Å². The van der Waals surface area contributed by atoms with E-state index in [-0.39, 0.29) is 16.9 Å². The van der Waals surface area contributed by atoms with Crippen molar-refractivity contribution >= 4 is 16.9 Å². The van der Waals surface area contributed by atoms with Crippen LogP contribution in [0.3, 0.4) is 0 Å². The van der Waals surface area contributed by atoms with Gasteiger partial charge in [-0.15, -0.1) is 0 Å². The van der Waals surface area contributed by atoms with Crippen molar-refractivity contribution in [3.8, 4) is 0 Å². The molecular weight excluding hydrogens is 378 g/mol. The Labute approximate surface area is 175 Å². The molecule has 7 heteroatoms. The van der Waals surface area contributed by atoms with Gasteiger partial charge in [-0.25, -0.2) is 4.68 Å². The molecule has 0 aliphatic carbocycles. The Morgan fingerprint density at radius 3 is 2.43 bits per heavy atom. The van der Waals surface area contributed by atoms with Crippen LogP contribution >= 0.6 is 0 Å². The number of rotatable bonds is 3. The molecule has 0 unspecified atom stereocenters. The van der Waals surface area contributed by atoms with E-state index in [1.807, 2.05) is 23.1 Å². The van der Waals surface area contributed by atoms with Crippen LogP contribution in [0.2, 0.25) is 0 Å². The number of amides is 1. The summed E-state index contributed by atoms with van der Waals surface area (Å²) < 4.78 is 1.59. The first-order valence-corrected chi connectivity index (χ1v) is 10.4. The van der Waals surface area contributed by atoms with Crippen LogP contribution in [0, 0.1) is 5.92 Å². The third-order valence-electron chi connectivity index (χ3n) is 5.68. The smallest absolute Gasteiger partial charge is 0.266 e. The summed E-state index contributed by atoms with van der Waals surface area (Å²) in [7, 11) is 0. The molecule has 3 aromatic rings. The maximum Gasteiger partial charge on any atom is 0.266 e. The number of carbonyl (C=O) groups is 1. The van der Waals surface area contributed by atoms with Crippen LogP contribution in [0.1, 0.15) is 49.7 Å². The van der Waals surface area contributed by atoms with Crippen molar-refractivity contribution < 1.29 is 4.79 Å². The molecule has 0 N–H and O–H groups in total. The summed E-state index contributed by atoms with van der Waals surface area (Å²) in [5, 5.41) is 4.58. The van der Waals surface area contributed by atoms with Crippen molar-refractivity contribution in [2.45, 2.75) is 45.6 Å². The largest absolute Gasteiger partial charge is 0.339 e. The first-order valence-electron chi connectivity index (χ1n) is 10.4. The van der Waals surface area contributed by atoms with Crippen molar-refractivity contribution in [1.82, 2.24) is 24.6 Å². The van der Waals surface area contributed by atoms with Crippen molar-refractivity contribution in [2.24, 2.45) is 5.92 Å². The quantitative estimate of drug-likeness (QED) is 0.669. The van der Waals surface area contributed by atoms with E-state index >= 15 is 0 Å². The lowest BCUT2D eigenvalue weighted by Gasteiger charge is -2.32. The van der Waals surface area contributed by atoms with Crippen LogP contribution in [-0.4, -0.2) is 43.6 Å². The second-order valence-electron chi connectivity index (χ2n) is 8.98. The van der Waals surface area contributed by atoms with Crippen LogP contribution < -0.4 is 5.56 Å². The summed E-state index contributed by atoms with van der Waals surface area (Å²) in [6, 6.07) is 8.87. The molecule has 1 aromatic carbocycles. The van der Waals surface area contributed by atoms with Crippen LogP contribution in [0.5, 0.6) is 0 Å². The highest BCUT2D eigenvalue weighted by Crippen LogP contribution is 2.22. The first kappa shape index (κ1) is 20.2. The van der Waals surface area contributed by atoms with E-state index in [9.17, 15) is 9.59 Å². The molecule has 7 nitrogen and oxygen atoms in total. The molecule has 156 valence electrons. The Hall–Kier alpha value is -3.09. The summed E-state index contributed by atoms with van der Waals surface area (Å²) in [6.45, 7) is 8.22. The highest BCUT2D eigenvalue weighted by Gasteiger charge is 2.25. The average Bonchev–Trinajstić information content (AvgIpc) is 2.74. The zero-order chi connectivity index (χ0) is 21.3. The maximum atomic E-state index is 12.9. The molecule has 3 heterocycles. The number of nitrogens with zero attached hydrogens (tertiary/aromatic N) is 5. The van der Waals surface area contributed by atoms with E-state index in [0.29, 0.717) is 31.1 Å². The van der Waals surface area contributed by atoms with E-state index in [1.165, 1.54) is 0 Å². The molecule has 0 radical (unpaired) electrons. The maximum absolute atomic E-state index is 12.9. The Kier molecular flexibility index (Phi) is 5.37. The minimum absolute atomic E-state index is 0.0195. The number of benzene rings is 1. The highest BCUT2D eigenvalue weighted by molar-refractivity contribution is 5.97. The highest BCUT2D eigenvalue weighted by atomic mass is 16.2. The molecule has 1 aliphatic heterocycles. The standard InChI is InChI=1S/C23H27N5O2/c1-23(2,3)20-6-7-21(29)28(26-20)15-16-8-12-27(13-9-16)22(30)17-4-5-18-19(14-17)25-11-10-24-18/h4-7,10-11,14,16H,8-9,12-13,15H2,1-3H3. The van der Waals surface area contributed by atoms with E-state index in [1.54, 1.807) is 29.2 Å². The summed E-state index contributed by atoms with van der Waals surface area (Å²) in [5.74, 6) is 0.350. The monoisotopic (exact) mass is 405 g/mol. The molecule has 0 bridgehead atoms. The van der Waals surface area contributed by atoms with Crippen molar-refractivity contribution in [3.05, 3.63) is 64.3 Å². The number of fused-ring (bicyclic) bond motifs is 1. The summed E-state index contributed by atoms with van der Waals surface area (Å²) in [6.07, 6.45) is 4.98. The number of carbonyl (C=O) groups excluding carboxylic acids is 1. The SMILES string of the molecule is CC(C)(C)c1ccc(=O)n(CC2CCN(C(=O)c3ccc4nccnc4c3)CC2)n1. The number of aromatic nitrogens is 4. The number of likely N-dealkylation sites (tertiary alicyclic amines) is 1. The Morgan fingerprint density at radius 2 is 1.73 bits per heavy atom. The van der Waals surface area contributed by atoms with E-state index in [0.717, 1.165) is 29.6 Å². The van der Waals surface area contributed by atoms with Gasteiger partial charge in [-0.2, -0.15) is 5.10 Å². The van der Waals surface area contributed by atoms with Crippen molar-refractivity contribution in [3.63, 3.8) is 0 Å². The second kappa shape index (κ2) is 7.97. The molecule has 1 fully saturated rings. The predicted octanol–water partition coefficient (Wildman–Crippen LogP) is 3.04. The molecule has 0 atom stereocenters. The predicted molar refractivity (Wildman–Crippen MR) is 115 cm³/mol. The lowest BCUT2D eigenvalue weighted by molar-refractivity contribution is 0.0680. The molecule has 1 amide bonds. The molecule has 2 aromatic heterocycles. The molecular formula is C23H27N5O2. The average molecular weight is 406 g/mol. The van der Waals surface area contributed by atoms with Gasteiger partial charge in [-0.3, -0.25) is 19.6 Å². The van der Waals surface area contributed by atoms with Gasteiger partial charge in [0.2, 0.25) is 0 Å². The normalized spacial score (nSPS) is 15.5. The van der Waals surface area contributed by atoms with E-state index in [2.05, 4.69) is 35.8 Å². The van der Waals surface area contributed by atoms with Gasteiger partial charge in [0, 0.05) is 49.1 Å². The van der Waals surface area contributed by atoms with Crippen LogP contribution in [0.25, 0.3) is 11.0 Å². The van der Waals surface area contributed by atoms with Crippen LogP contribution in [-0.2, 0) is 12.0 Å². The number of piperidine rings is 1. The third kappa shape index (κ3) is 4.25. The minimum Gasteiger partial charge on any atom is -0.339 e. The van der Waals surface area contributed by atoms with Gasteiger partial charge in [0.25, 0.3) is 11.5 Å². The second-order valence-corrected chi connectivity index (χ2v) is 8.98. The van der Waals surface area contributed by atoms with Gasteiger partial charge in [0.15, 0.2) is 0 Å². The number of hydrogen-bond donors (Lipinski definition) is 0. The Morgan fingerprint density at radius 1 is 1.03 bits per heavy atom. The lowest BCUT2D eigenvalue weighted by atomic mass is 9.92. The number of hydrogen-bond acceptors (Lipinski definition) is 5. The molecule has 1 saturated heterocycles. The summed E-state index contributed by atoms with van der Waals surface area (Å²) >= 11 is 0. The fourth-order valence-electron chi connectivity index (χ4n) is 3.82. The van der Waals surface area contributed by atoms with Gasteiger partial charge in [-0.1, -0.05) is 20.8 Å². The Bertz CT molecular complexity index is 1120. The summed E-state index contributed by atoms with van der Waals surface area (Å²) in [4.78, 5) is 35.6. The zero-order valence-corrected chi connectivity index (χ0v) is 17.7. The molecule has 30 heavy (non-hydrogen) atoms. The third-order valence-corrected chi connectivity index (χ3v) is 5.68. The zero-order valence-electron chi connectivity index (χ0n) is 17.7. The van der Waals surface area contributed by atoms with Gasteiger partial charge >= 0.3 is 0 Å². The molecule has 0 spiro atoms. The first-order chi connectivity index (χ1) is 14.3. The van der Waals surface area contributed by atoms with Gasteiger partial charge in [-0.05, 0) is 43.0 Å². The topological polar surface area (TPSA) is 81.0 Å². The lowest BCUT2D eigenvalue weighted by Crippen LogP contribution is -2.40. The fraction of sp³-hybridized carbons (Fsp3) is 0.435. The van der Waals surface area contributed by atoms with Gasteiger partial charge in [0.05, 0.1) is 16.7 Å². The molecule has 4 rings (SSSR count). The van der Waals surface area contributed by atoms with Crippen LogP contribution in [0.4, 0.5) is 0 Å². The fourth-order valence-corrected chi connectivity index (χ4v) is 3.82. The van der Waals surface area contributed by atoms with Gasteiger partial charge in [0.1, 0.15) is 0 Å². The summed E-state index contributed by atoms with van der Waals surface area (Å²) in [5.41, 5.74) is 2.88. The van der Waals surface area contributed by atoms with E-state index < -0.39 is 0 Å². The van der Waals surface area contributed by atoms with Crippen LogP contribution in [0.15, 0.2) is 47.5 Å².